The van der Waals surface area contributed by atoms with Crippen LogP contribution in [-0.2, 0) is 19.4 Å². The summed E-state index contributed by atoms with van der Waals surface area (Å²) in [5.41, 5.74) is 3.52. The number of methoxy groups -OCH3 is 4. The lowest BCUT2D eigenvalue weighted by molar-refractivity contribution is 0.102. The number of anilines is 2. The van der Waals surface area contributed by atoms with Crippen molar-refractivity contribution in [3.63, 3.8) is 0 Å². The Balaban J connectivity index is 1.63. The van der Waals surface area contributed by atoms with E-state index in [0.717, 1.165) is 52.4 Å². The summed E-state index contributed by atoms with van der Waals surface area (Å²) >= 11 is 1.67. The molecule has 7 nitrogen and oxygen atoms in total. The van der Waals surface area contributed by atoms with Crippen LogP contribution in [0.3, 0.4) is 0 Å². The van der Waals surface area contributed by atoms with Crippen LogP contribution in [0.4, 0.5) is 10.7 Å². The maximum atomic E-state index is 13.5. The summed E-state index contributed by atoms with van der Waals surface area (Å²) in [5, 5.41) is 7.44. The lowest BCUT2D eigenvalue weighted by atomic mass is 9.88. The molecule has 8 heteroatoms. The number of benzene rings is 2. The molecule has 0 spiro atoms. The Morgan fingerprint density at radius 1 is 0.971 bits per heavy atom. The molecule has 0 saturated carbocycles. The minimum absolute atomic E-state index is 0.107. The van der Waals surface area contributed by atoms with Gasteiger partial charge in [-0.15, -0.1) is 11.3 Å². The van der Waals surface area contributed by atoms with Crippen molar-refractivity contribution >= 4 is 27.9 Å². The number of carbonyl (C=O) groups is 1. The standard InChI is InChI=1S/C27H32N2O5S/c1-16-6-12-20-22(14-16)35-27(23(20)26(30)29-18-8-10-19(31-2)11-9-18)28-15-17-7-13-21(32-3)25(34-5)24(17)33-4/h7-11,13,16,28H,6,12,14-15H2,1-5H3,(H,29,30)/t16-/m0/s1. The van der Waals surface area contributed by atoms with Crippen LogP contribution in [0.15, 0.2) is 36.4 Å². The van der Waals surface area contributed by atoms with Crippen molar-refractivity contribution in [2.75, 3.05) is 39.1 Å². The minimum atomic E-state index is -0.107. The Hall–Kier alpha value is -3.39. The van der Waals surface area contributed by atoms with Crippen LogP contribution in [0.1, 0.15) is 39.7 Å². The molecule has 1 aliphatic carbocycles. The van der Waals surface area contributed by atoms with Gasteiger partial charge in [-0.1, -0.05) is 6.92 Å². The fourth-order valence-electron chi connectivity index (χ4n) is 4.46. The zero-order valence-electron chi connectivity index (χ0n) is 20.8. The van der Waals surface area contributed by atoms with E-state index in [2.05, 4.69) is 17.6 Å². The van der Waals surface area contributed by atoms with Crippen LogP contribution in [0.25, 0.3) is 0 Å². The van der Waals surface area contributed by atoms with E-state index in [1.165, 1.54) is 4.88 Å². The van der Waals surface area contributed by atoms with E-state index < -0.39 is 0 Å². The number of fused-ring (bicyclic) bond motifs is 1. The van der Waals surface area contributed by atoms with Gasteiger partial charge >= 0.3 is 0 Å². The van der Waals surface area contributed by atoms with E-state index in [9.17, 15) is 4.79 Å². The van der Waals surface area contributed by atoms with Gasteiger partial charge in [-0.05, 0) is 67.1 Å². The molecule has 1 heterocycles. The zero-order chi connectivity index (χ0) is 24.9. The molecular formula is C27H32N2O5S. The highest BCUT2D eigenvalue weighted by Crippen LogP contribution is 2.42. The Kier molecular flexibility index (Phi) is 7.70. The van der Waals surface area contributed by atoms with Crippen LogP contribution >= 0.6 is 11.3 Å². The molecule has 0 fully saturated rings. The number of ether oxygens (including phenoxy) is 4. The minimum Gasteiger partial charge on any atom is -0.497 e. The molecule has 0 radical (unpaired) electrons. The van der Waals surface area contributed by atoms with Crippen molar-refractivity contribution in [3.8, 4) is 23.0 Å². The Morgan fingerprint density at radius 3 is 2.37 bits per heavy atom. The number of nitrogens with one attached hydrogen (secondary N) is 2. The summed E-state index contributed by atoms with van der Waals surface area (Å²) in [5.74, 6) is 3.01. The summed E-state index contributed by atoms with van der Waals surface area (Å²) in [6.07, 6.45) is 2.97. The van der Waals surface area contributed by atoms with Crippen LogP contribution in [-0.4, -0.2) is 34.3 Å². The van der Waals surface area contributed by atoms with E-state index in [1.807, 2.05) is 36.4 Å². The van der Waals surface area contributed by atoms with Crippen molar-refractivity contribution in [3.05, 3.63) is 58.0 Å². The molecule has 4 rings (SSSR count). The van der Waals surface area contributed by atoms with Gasteiger partial charge in [-0.3, -0.25) is 4.79 Å². The highest BCUT2D eigenvalue weighted by Gasteiger charge is 2.28. The molecule has 0 aliphatic heterocycles. The second kappa shape index (κ2) is 10.9. The first-order valence-electron chi connectivity index (χ1n) is 11.6. The van der Waals surface area contributed by atoms with E-state index in [0.29, 0.717) is 29.7 Å². The van der Waals surface area contributed by atoms with Crippen LogP contribution in [0.2, 0.25) is 0 Å². The largest absolute Gasteiger partial charge is 0.497 e. The zero-order valence-corrected chi connectivity index (χ0v) is 21.6. The summed E-state index contributed by atoms with van der Waals surface area (Å²) in [6.45, 7) is 2.74. The summed E-state index contributed by atoms with van der Waals surface area (Å²) in [7, 11) is 6.42. The molecule has 3 aromatic rings. The molecule has 2 N–H and O–H groups in total. The molecule has 0 bridgehead atoms. The lowest BCUT2D eigenvalue weighted by Crippen LogP contribution is -2.18. The van der Waals surface area contributed by atoms with E-state index in [1.54, 1.807) is 39.8 Å². The third-order valence-corrected chi connectivity index (χ3v) is 7.52. The Labute approximate surface area is 210 Å². The maximum Gasteiger partial charge on any atom is 0.258 e. The first kappa shape index (κ1) is 24.7. The summed E-state index contributed by atoms with van der Waals surface area (Å²) < 4.78 is 21.8. The van der Waals surface area contributed by atoms with Crippen LogP contribution in [0.5, 0.6) is 23.0 Å². The third-order valence-electron chi connectivity index (χ3n) is 6.31. The number of hydrogen-bond acceptors (Lipinski definition) is 7. The normalized spacial score (nSPS) is 14.6. The van der Waals surface area contributed by atoms with Gasteiger partial charge in [0.2, 0.25) is 5.75 Å². The molecule has 0 unspecified atom stereocenters. The monoisotopic (exact) mass is 496 g/mol. The second-order valence-corrected chi connectivity index (χ2v) is 9.69. The molecule has 0 saturated heterocycles. The van der Waals surface area contributed by atoms with Crippen molar-refractivity contribution in [2.45, 2.75) is 32.7 Å². The van der Waals surface area contributed by atoms with Crippen LogP contribution in [0, 0.1) is 5.92 Å². The topological polar surface area (TPSA) is 78.1 Å². The van der Waals surface area contributed by atoms with Crippen molar-refractivity contribution in [1.82, 2.24) is 0 Å². The van der Waals surface area contributed by atoms with E-state index in [-0.39, 0.29) is 5.91 Å². The highest BCUT2D eigenvalue weighted by atomic mass is 32.1. The smallest absolute Gasteiger partial charge is 0.258 e. The predicted octanol–water partition coefficient (Wildman–Crippen LogP) is 5.77. The molecule has 1 atom stereocenters. The number of thiophene rings is 1. The van der Waals surface area contributed by atoms with Gasteiger partial charge in [0.1, 0.15) is 10.8 Å². The first-order valence-corrected chi connectivity index (χ1v) is 12.4. The first-order chi connectivity index (χ1) is 17.0. The Morgan fingerprint density at radius 2 is 1.71 bits per heavy atom. The Bertz CT molecular complexity index is 1190. The molecule has 186 valence electrons. The average Bonchev–Trinajstić information content (AvgIpc) is 3.24. The fourth-order valence-corrected chi connectivity index (χ4v) is 5.87. The summed E-state index contributed by atoms with van der Waals surface area (Å²) in [6, 6.07) is 11.2. The number of hydrogen-bond donors (Lipinski definition) is 2. The van der Waals surface area contributed by atoms with Gasteiger partial charge in [0.25, 0.3) is 5.91 Å². The molecule has 1 aliphatic rings. The van der Waals surface area contributed by atoms with Crippen molar-refractivity contribution < 1.29 is 23.7 Å². The lowest BCUT2D eigenvalue weighted by Gasteiger charge is -2.19. The van der Waals surface area contributed by atoms with Gasteiger partial charge in [-0.2, -0.15) is 0 Å². The van der Waals surface area contributed by atoms with E-state index in [4.69, 9.17) is 18.9 Å². The van der Waals surface area contributed by atoms with Gasteiger partial charge in [0.15, 0.2) is 11.5 Å². The number of amides is 1. The average molecular weight is 497 g/mol. The second-order valence-electron chi connectivity index (χ2n) is 8.59. The van der Waals surface area contributed by atoms with Crippen molar-refractivity contribution in [2.24, 2.45) is 5.92 Å². The fraction of sp³-hybridized carbons (Fsp3) is 0.370. The van der Waals surface area contributed by atoms with Gasteiger partial charge < -0.3 is 29.6 Å². The molecule has 1 amide bonds. The number of rotatable bonds is 9. The highest BCUT2D eigenvalue weighted by molar-refractivity contribution is 7.16. The molecular weight excluding hydrogens is 464 g/mol. The SMILES string of the molecule is COc1ccc(NC(=O)c2c(NCc3ccc(OC)c(OC)c3OC)sc3c2CC[C@H](C)C3)cc1. The van der Waals surface area contributed by atoms with Gasteiger partial charge in [0, 0.05) is 22.7 Å². The molecule has 2 aromatic carbocycles. The summed E-state index contributed by atoms with van der Waals surface area (Å²) in [4.78, 5) is 14.8. The van der Waals surface area contributed by atoms with Crippen molar-refractivity contribution in [1.29, 1.82) is 0 Å². The quantitative estimate of drug-likeness (QED) is 0.392. The van der Waals surface area contributed by atoms with Gasteiger partial charge in [0.05, 0.1) is 34.0 Å². The van der Waals surface area contributed by atoms with Gasteiger partial charge in [-0.25, -0.2) is 0 Å². The number of carbonyl (C=O) groups excluding carboxylic acids is 1. The van der Waals surface area contributed by atoms with E-state index >= 15 is 0 Å². The third kappa shape index (κ3) is 5.17. The van der Waals surface area contributed by atoms with Crippen LogP contribution < -0.4 is 29.6 Å². The molecule has 1 aromatic heterocycles. The molecule has 35 heavy (non-hydrogen) atoms. The predicted molar refractivity (Wildman–Crippen MR) is 140 cm³/mol. The maximum absolute atomic E-state index is 13.5.